The van der Waals surface area contributed by atoms with Crippen molar-refractivity contribution in [2.75, 3.05) is 11.9 Å². The molecule has 0 atom stereocenters. The monoisotopic (exact) mass is 398 g/mol. The van der Waals surface area contributed by atoms with Crippen molar-refractivity contribution in [2.45, 2.75) is 6.92 Å². The number of hydrogen-bond donors (Lipinski definition) is 1. The van der Waals surface area contributed by atoms with E-state index in [0.29, 0.717) is 5.69 Å². The van der Waals surface area contributed by atoms with Gasteiger partial charge >= 0.3 is 5.69 Å². The zero-order chi connectivity index (χ0) is 17.0. The van der Waals surface area contributed by atoms with Crippen molar-refractivity contribution in [3.63, 3.8) is 0 Å². The fourth-order valence-corrected chi connectivity index (χ4v) is 2.31. The molecule has 0 aliphatic heterocycles. The Kier molecular flexibility index (Phi) is 5.57. The van der Waals surface area contributed by atoms with Crippen LogP contribution in [0.3, 0.4) is 0 Å². The van der Waals surface area contributed by atoms with E-state index in [1.807, 2.05) is 13.0 Å². The van der Waals surface area contributed by atoms with Crippen LogP contribution < -0.4 is 10.1 Å². The number of benzene rings is 2. The molecule has 0 aliphatic carbocycles. The van der Waals surface area contributed by atoms with Gasteiger partial charge in [0.1, 0.15) is 0 Å². The van der Waals surface area contributed by atoms with Crippen molar-refractivity contribution >= 4 is 44.8 Å². The molecule has 0 radical (unpaired) electrons. The number of nitro benzene ring substituents is 1. The minimum atomic E-state index is -0.615. The van der Waals surface area contributed by atoms with Crippen molar-refractivity contribution in [2.24, 2.45) is 0 Å². The van der Waals surface area contributed by atoms with Gasteiger partial charge < -0.3 is 10.1 Å². The summed E-state index contributed by atoms with van der Waals surface area (Å²) in [6.07, 6.45) is 0. The number of carbonyl (C=O) groups is 1. The summed E-state index contributed by atoms with van der Waals surface area (Å²) in [7, 11) is 0. The average Bonchev–Trinajstić information content (AvgIpc) is 2.49. The predicted molar refractivity (Wildman–Crippen MR) is 91.1 cm³/mol. The second kappa shape index (κ2) is 7.43. The molecule has 120 valence electrons. The Balaban J connectivity index is 2.02. The van der Waals surface area contributed by atoms with E-state index < -0.39 is 10.8 Å². The highest BCUT2D eigenvalue weighted by Gasteiger charge is 2.16. The topological polar surface area (TPSA) is 81.5 Å². The van der Waals surface area contributed by atoms with Crippen LogP contribution in [-0.4, -0.2) is 17.4 Å². The molecule has 0 saturated heterocycles. The number of hydrogen-bond acceptors (Lipinski definition) is 4. The Hall–Kier alpha value is -2.12. The molecule has 0 heterocycles. The van der Waals surface area contributed by atoms with E-state index >= 15 is 0 Å². The van der Waals surface area contributed by atoms with Gasteiger partial charge in [0.15, 0.2) is 12.4 Å². The second-order valence-electron chi connectivity index (χ2n) is 4.67. The molecule has 0 bridgehead atoms. The summed E-state index contributed by atoms with van der Waals surface area (Å²) in [4.78, 5) is 22.2. The van der Waals surface area contributed by atoms with E-state index in [0.717, 1.165) is 10.0 Å². The van der Waals surface area contributed by atoms with Gasteiger partial charge in [0.25, 0.3) is 5.91 Å². The highest BCUT2D eigenvalue weighted by Crippen LogP contribution is 2.29. The third kappa shape index (κ3) is 4.67. The van der Waals surface area contributed by atoms with Crippen molar-refractivity contribution in [1.29, 1.82) is 0 Å². The number of carbonyl (C=O) groups excluding carboxylic acids is 1. The van der Waals surface area contributed by atoms with Crippen molar-refractivity contribution < 1.29 is 14.5 Å². The molecule has 0 unspecified atom stereocenters. The molecule has 8 heteroatoms. The minimum Gasteiger partial charge on any atom is -0.477 e. The number of ether oxygens (including phenoxy) is 1. The molecule has 2 aromatic rings. The van der Waals surface area contributed by atoms with Crippen molar-refractivity contribution in [3.05, 3.63) is 61.6 Å². The molecule has 6 nitrogen and oxygen atoms in total. The number of rotatable bonds is 5. The van der Waals surface area contributed by atoms with Gasteiger partial charge in [-0.05, 0) is 36.8 Å². The molecule has 1 amide bonds. The molecular weight excluding hydrogens is 388 g/mol. The van der Waals surface area contributed by atoms with Gasteiger partial charge in [-0.1, -0.05) is 33.6 Å². The normalized spacial score (nSPS) is 10.2. The SMILES string of the molecule is Cc1ccc(NC(=O)COc2ccc(Cl)cc2[N+](=O)[O-])cc1Br. The zero-order valence-corrected chi connectivity index (χ0v) is 14.3. The van der Waals surface area contributed by atoms with Crippen LogP contribution in [0.15, 0.2) is 40.9 Å². The fourth-order valence-electron chi connectivity index (χ4n) is 1.77. The smallest absolute Gasteiger partial charge is 0.312 e. The number of halogens is 2. The first-order valence-corrected chi connectivity index (χ1v) is 7.66. The molecule has 0 aliphatic rings. The van der Waals surface area contributed by atoms with E-state index in [9.17, 15) is 14.9 Å². The highest BCUT2D eigenvalue weighted by molar-refractivity contribution is 9.10. The highest BCUT2D eigenvalue weighted by atomic mass is 79.9. The summed E-state index contributed by atoms with van der Waals surface area (Å²) in [5.41, 5.74) is 1.35. The maximum atomic E-state index is 11.9. The number of amides is 1. The molecule has 0 aromatic heterocycles. The minimum absolute atomic E-state index is 0.0142. The summed E-state index contributed by atoms with van der Waals surface area (Å²) in [6.45, 7) is 1.58. The van der Waals surface area contributed by atoms with E-state index in [1.54, 1.807) is 12.1 Å². The van der Waals surface area contributed by atoms with E-state index in [2.05, 4.69) is 21.2 Å². The molecule has 0 spiro atoms. The number of anilines is 1. The summed E-state index contributed by atoms with van der Waals surface area (Å²) in [6, 6.07) is 9.35. The molecular formula is C15H12BrClN2O4. The number of nitrogens with one attached hydrogen (secondary N) is 1. The lowest BCUT2D eigenvalue weighted by atomic mass is 10.2. The van der Waals surface area contributed by atoms with Crippen LogP contribution in [-0.2, 0) is 4.79 Å². The summed E-state index contributed by atoms with van der Waals surface area (Å²) in [5.74, 6) is -0.440. The van der Waals surface area contributed by atoms with Crippen LogP contribution >= 0.6 is 27.5 Å². The molecule has 0 saturated carbocycles. The summed E-state index contributed by atoms with van der Waals surface area (Å²) < 4.78 is 6.08. The van der Waals surface area contributed by atoms with Gasteiger partial charge in [0.2, 0.25) is 0 Å². The number of nitrogens with zero attached hydrogens (tertiary/aromatic N) is 1. The van der Waals surface area contributed by atoms with E-state index in [1.165, 1.54) is 18.2 Å². The van der Waals surface area contributed by atoms with Crippen molar-refractivity contribution in [3.8, 4) is 5.75 Å². The molecule has 1 N–H and O–H groups in total. The standard InChI is InChI=1S/C15H12BrClN2O4/c1-9-2-4-11(7-12(9)16)18-15(20)8-23-14-5-3-10(17)6-13(14)19(21)22/h2-7H,8H2,1H3,(H,18,20). The second-order valence-corrected chi connectivity index (χ2v) is 5.96. The van der Waals surface area contributed by atoms with Gasteiger partial charge in [0.05, 0.1) is 4.92 Å². The van der Waals surface area contributed by atoms with Crippen LogP contribution in [0.25, 0.3) is 0 Å². The lowest BCUT2D eigenvalue weighted by Gasteiger charge is -2.09. The third-order valence-electron chi connectivity index (χ3n) is 2.93. The Bertz CT molecular complexity index is 767. The van der Waals surface area contributed by atoms with Crippen molar-refractivity contribution in [1.82, 2.24) is 0 Å². The Morgan fingerprint density at radius 1 is 1.35 bits per heavy atom. The molecule has 0 fully saturated rings. The lowest BCUT2D eigenvalue weighted by Crippen LogP contribution is -2.20. The van der Waals surface area contributed by atoms with Gasteiger partial charge in [0, 0.05) is 21.2 Å². The average molecular weight is 400 g/mol. The molecule has 2 aromatic carbocycles. The van der Waals surface area contributed by atoms with E-state index in [-0.39, 0.29) is 23.1 Å². The Morgan fingerprint density at radius 3 is 2.74 bits per heavy atom. The van der Waals surface area contributed by atoms with Gasteiger partial charge in [-0.2, -0.15) is 0 Å². The lowest BCUT2D eigenvalue weighted by molar-refractivity contribution is -0.385. The molecule has 23 heavy (non-hydrogen) atoms. The Morgan fingerprint density at radius 2 is 2.09 bits per heavy atom. The van der Waals surface area contributed by atoms with Gasteiger partial charge in [-0.15, -0.1) is 0 Å². The largest absolute Gasteiger partial charge is 0.477 e. The maximum absolute atomic E-state index is 11.9. The number of nitro groups is 1. The van der Waals surface area contributed by atoms with Gasteiger partial charge in [-0.25, -0.2) is 0 Å². The first kappa shape index (κ1) is 17.2. The third-order valence-corrected chi connectivity index (χ3v) is 4.02. The van der Waals surface area contributed by atoms with Crippen LogP contribution in [0, 0.1) is 17.0 Å². The first-order valence-electron chi connectivity index (χ1n) is 6.49. The van der Waals surface area contributed by atoms with Crippen LogP contribution in [0.5, 0.6) is 5.75 Å². The fraction of sp³-hybridized carbons (Fsp3) is 0.133. The number of aryl methyl sites for hydroxylation is 1. The first-order chi connectivity index (χ1) is 10.9. The molecule has 2 rings (SSSR count). The zero-order valence-electron chi connectivity index (χ0n) is 12.0. The maximum Gasteiger partial charge on any atom is 0.312 e. The summed E-state index contributed by atoms with van der Waals surface area (Å²) in [5, 5.41) is 13.8. The van der Waals surface area contributed by atoms with Crippen LogP contribution in [0.1, 0.15) is 5.56 Å². The summed E-state index contributed by atoms with van der Waals surface area (Å²) >= 11 is 9.09. The predicted octanol–water partition coefficient (Wildman–Crippen LogP) is 4.34. The van der Waals surface area contributed by atoms with Gasteiger partial charge in [-0.3, -0.25) is 14.9 Å². The quantitative estimate of drug-likeness (QED) is 0.599. The Labute approximate surface area is 145 Å². The van der Waals surface area contributed by atoms with Crippen LogP contribution in [0.4, 0.5) is 11.4 Å². The van der Waals surface area contributed by atoms with E-state index in [4.69, 9.17) is 16.3 Å². The van der Waals surface area contributed by atoms with Crippen LogP contribution in [0.2, 0.25) is 5.02 Å².